The van der Waals surface area contributed by atoms with E-state index in [-0.39, 0.29) is 27.9 Å². The molecule has 1 aromatic rings. The molecule has 5 nitrogen and oxygen atoms in total. The first kappa shape index (κ1) is 18.1. The highest BCUT2D eigenvalue weighted by molar-refractivity contribution is 7.92. The van der Waals surface area contributed by atoms with Crippen molar-refractivity contribution in [2.75, 3.05) is 16.8 Å². The standard InChI is InChI=1S/C13H18Cl2N2O3S/c1-13(2,3)21(19,20)5-4-11(18)17-12-9(14)6-8(16)7-10(12)15/h6-7H,4-5,16H2,1-3H3,(H,17,18). The van der Waals surface area contributed by atoms with Gasteiger partial charge in [-0.05, 0) is 32.9 Å². The summed E-state index contributed by atoms with van der Waals surface area (Å²) in [5, 5.41) is 2.91. The van der Waals surface area contributed by atoms with Crippen LogP contribution in [-0.4, -0.2) is 24.8 Å². The summed E-state index contributed by atoms with van der Waals surface area (Å²) in [5.41, 5.74) is 6.16. The fourth-order valence-corrected chi connectivity index (χ4v) is 3.11. The van der Waals surface area contributed by atoms with Gasteiger partial charge in [0, 0.05) is 12.1 Å². The van der Waals surface area contributed by atoms with Crippen LogP contribution >= 0.6 is 23.2 Å². The largest absolute Gasteiger partial charge is 0.399 e. The first-order chi connectivity index (χ1) is 9.44. The summed E-state index contributed by atoms with van der Waals surface area (Å²) in [6.07, 6.45) is -0.170. The van der Waals surface area contributed by atoms with Gasteiger partial charge in [0.05, 0.1) is 26.2 Å². The smallest absolute Gasteiger partial charge is 0.225 e. The third-order valence-electron chi connectivity index (χ3n) is 2.86. The van der Waals surface area contributed by atoms with Crippen LogP contribution < -0.4 is 11.1 Å². The predicted molar refractivity (Wildman–Crippen MR) is 87.7 cm³/mol. The molecule has 0 saturated heterocycles. The van der Waals surface area contributed by atoms with Crippen molar-refractivity contribution in [1.29, 1.82) is 0 Å². The van der Waals surface area contributed by atoms with Gasteiger partial charge in [-0.1, -0.05) is 23.2 Å². The molecule has 118 valence electrons. The van der Waals surface area contributed by atoms with Gasteiger partial charge < -0.3 is 11.1 Å². The van der Waals surface area contributed by atoms with Gasteiger partial charge in [-0.3, -0.25) is 4.79 Å². The zero-order valence-corrected chi connectivity index (χ0v) is 14.4. The number of halogens is 2. The van der Waals surface area contributed by atoms with Crippen LogP contribution in [0.4, 0.5) is 11.4 Å². The van der Waals surface area contributed by atoms with Crippen molar-refractivity contribution >= 4 is 50.3 Å². The van der Waals surface area contributed by atoms with E-state index in [9.17, 15) is 13.2 Å². The Hall–Kier alpha value is -0.980. The fraction of sp³-hybridized carbons (Fsp3) is 0.462. The topological polar surface area (TPSA) is 89.3 Å². The summed E-state index contributed by atoms with van der Waals surface area (Å²) in [6.45, 7) is 4.77. The van der Waals surface area contributed by atoms with E-state index in [0.717, 1.165) is 0 Å². The molecular weight excluding hydrogens is 335 g/mol. The Kier molecular flexibility index (Phi) is 5.52. The molecule has 0 fully saturated rings. The fourth-order valence-electron chi connectivity index (χ4n) is 1.45. The maximum absolute atomic E-state index is 11.9. The number of hydrogen-bond donors (Lipinski definition) is 2. The van der Waals surface area contributed by atoms with E-state index in [0.29, 0.717) is 5.69 Å². The average Bonchev–Trinajstić information content (AvgIpc) is 2.30. The van der Waals surface area contributed by atoms with E-state index >= 15 is 0 Å². The number of rotatable bonds is 4. The number of benzene rings is 1. The average molecular weight is 353 g/mol. The van der Waals surface area contributed by atoms with Crippen molar-refractivity contribution in [3.63, 3.8) is 0 Å². The second-order valence-electron chi connectivity index (χ2n) is 5.59. The van der Waals surface area contributed by atoms with E-state index < -0.39 is 20.5 Å². The van der Waals surface area contributed by atoms with E-state index in [2.05, 4.69) is 5.32 Å². The lowest BCUT2D eigenvalue weighted by Gasteiger charge is -2.19. The van der Waals surface area contributed by atoms with Crippen molar-refractivity contribution in [2.45, 2.75) is 31.9 Å². The van der Waals surface area contributed by atoms with Crippen LogP contribution in [0.1, 0.15) is 27.2 Å². The molecule has 0 atom stereocenters. The molecule has 0 aromatic heterocycles. The van der Waals surface area contributed by atoms with Gasteiger partial charge in [0.1, 0.15) is 0 Å². The SMILES string of the molecule is CC(C)(C)S(=O)(=O)CCC(=O)Nc1c(Cl)cc(N)cc1Cl. The number of nitrogens with one attached hydrogen (secondary N) is 1. The predicted octanol–water partition coefficient (Wildman–Crippen LogP) is 3.12. The highest BCUT2D eigenvalue weighted by Gasteiger charge is 2.29. The first-order valence-corrected chi connectivity index (χ1v) is 8.61. The van der Waals surface area contributed by atoms with Gasteiger partial charge in [0.15, 0.2) is 9.84 Å². The number of carbonyl (C=O) groups excluding carboxylic acids is 1. The molecule has 1 rings (SSSR count). The third kappa shape index (κ3) is 4.76. The van der Waals surface area contributed by atoms with Gasteiger partial charge in [0.2, 0.25) is 5.91 Å². The van der Waals surface area contributed by atoms with Crippen LogP contribution in [0.25, 0.3) is 0 Å². The summed E-state index contributed by atoms with van der Waals surface area (Å²) in [6, 6.07) is 2.91. The van der Waals surface area contributed by atoms with E-state index in [1.54, 1.807) is 20.8 Å². The lowest BCUT2D eigenvalue weighted by molar-refractivity contribution is -0.115. The molecule has 0 bridgehead atoms. The van der Waals surface area contributed by atoms with Gasteiger partial charge in [-0.15, -0.1) is 0 Å². The van der Waals surface area contributed by atoms with Crippen molar-refractivity contribution in [3.8, 4) is 0 Å². The molecule has 1 aromatic carbocycles. The highest BCUT2D eigenvalue weighted by atomic mass is 35.5. The minimum atomic E-state index is -3.36. The number of amides is 1. The first-order valence-electron chi connectivity index (χ1n) is 6.21. The molecule has 21 heavy (non-hydrogen) atoms. The molecule has 0 aliphatic rings. The Balaban J connectivity index is 2.77. The minimum Gasteiger partial charge on any atom is -0.399 e. The van der Waals surface area contributed by atoms with E-state index in [4.69, 9.17) is 28.9 Å². The van der Waals surface area contributed by atoms with Crippen molar-refractivity contribution < 1.29 is 13.2 Å². The summed E-state index contributed by atoms with van der Waals surface area (Å²) >= 11 is 11.9. The van der Waals surface area contributed by atoms with Crippen molar-refractivity contribution in [3.05, 3.63) is 22.2 Å². The Morgan fingerprint density at radius 2 is 1.71 bits per heavy atom. The zero-order chi connectivity index (χ0) is 16.4. The highest BCUT2D eigenvalue weighted by Crippen LogP contribution is 2.32. The van der Waals surface area contributed by atoms with Crippen LogP contribution in [0.5, 0.6) is 0 Å². The third-order valence-corrected chi connectivity index (χ3v) is 6.06. The Labute approximate surface area is 134 Å². The van der Waals surface area contributed by atoms with Crippen molar-refractivity contribution in [2.24, 2.45) is 0 Å². The summed E-state index contributed by atoms with van der Waals surface area (Å²) in [5.74, 6) is -0.719. The molecule has 0 saturated carbocycles. The quantitative estimate of drug-likeness (QED) is 0.814. The maximum atomic E-state index is 11.9. The molecule has 0 spiro atoms. The van der Waals surface area contributed by atoms with E-state index in [1.165, 1.54) is 12.1 Å². The summed E-state index contributed by atoms with van der Waals surface area (Å²) in [7, 11) is -3.36. The second kappa shape index (κ2) is 6.42. The van der Waals surface area contributed by atoms with Gasteiger partial charge in [-0.2, -0.15) is 0 Å². The van der Waals surface area contributed by atoms with Crippen molar-refractivity contribution in [1.82, 2.24) is 0 Å². The molecule has 0 aliphatic carbocycles. The van der Waals surface area contributed by atoms with Crippen LogP contribution in [0.15, 0.2) is 12.1 Å². The maximum Gasteiger partial charge on any atom is 0.225 e. The lowest BCUT2D eigenvalue weighted by atomic mass is 10.2. The molecule has 0 unspecified atom stereocenters. The minimum absolute atomic E-state index is 0.170. The number of nitrogen functional groups attached to an aromatic ring is 1. The number of sulfone groups is 1. The molecule has 0 heterocycles. The summed E-state index contributed by atoms with van der Waals surface area (Å²) in [4.78, 5) is 11.9. The van der Waals surface area contributed by atoms with Crippen LogP contribution in [0.3, 0.4) is 0 Å². The molecule has 3 N–H and O–H groups in total. The van der Waals surface area contributed by atoms with Crippen LogP contribution in [0.2, 0.25) is 10.0 Å². The van der Waals surface area contributed by atoms with Crippen LogP contribution in [0, 0.1) is 0 Å². The number of hydrogen-bond acceptors (Lipinski definition) is 4. The normalized spacial score (nSPS) is 12.2. The molecule has 1 amide bonds. The zero-order valence-electron chi connectivity index (χ0n) is 12.0. The Morgan fingerprint density at radius 1 is 1.24 bits per heavy atom. The lowest BCUT2D eigenvalue weighted by Crippen LogP contribution is -2.32. The monoisotopic (exact) mass is 352 g/mol. The van der Waals surface area contributed by atoms with Crippen LogP contribution in [-0.2, 0) is 14.6 Å². The molecule has 8 heteroatoms. The number of anilines is 2. The molecule has 0 radical (unpaired) electrons. The molecular formula is C13H18Cl2N2O3S. The Bertz CT molecular complexity index is 629. The number of nitrogens with two attached hydrogens (primary N) is 1. The second-order valence-corrected chi connectivity index (χ2v) is 9.27. The van der Waals surface area contributed by atoms with Gasteiger partial charge in [0.25, 0.3) is 0 Å². The Morgan fingerprint density at radius 3 is 2.14 bits per heavy atom. The van der Waals surface area contributed by atoms with Gasteiger partial charge in [-0.25, -0.2) is 8.42 Å². The summed E-state index contributed by atoms with van der Waals surface area (Å²) < 4.78 is 23.0. The number of carbonyl (C=O) groups is 1. The van der Waals surface area contributed by atoms with Gasteiger partial charge >= 0.3 is 0 Å². The molecule has 0 aliphatic heterocycles. The van der Waals surface area contributed by atoms with E-state index in [1.807, 2.05) is 0 Å².